The number of rotatable bonds is 4. The molecular formula is C18H22O4. The van der Waals surface area contributed by atoms with Crippen LogP contribution in [0.1, 0.15) is 37.7 Å². The second-order valence-electron chi connectivity index (χ2n) is 5.56. The fourth-order valence-electron chi connectivity index (χ4n) is 3.05. The zero-order valence-corrected chi connectivity index (χ0v) is 12.6. The number of carbonyl (C=O) groups is 1. The van der Waals surface area contributed by atoms with Crippen LogP contribution in [0.4, 0.5) is 0 Å². The molecule has 4 nitrogen and oxygen atoms in total. The number of esters is 1. The van der Waals surface area contributed by atoms with Crippen molar-refractivity contribution < 1.29 is 19.7 Å². The lowest BCUT2D eigenvalue weighted by Crippen LogP contribution is -2.45. The van der Waals surface area contributed by atoms with Crippen molar-refractivity contribution in [1.82, 2.24) is 0 Å². The zero-order chi connectivity index (χ0) is 15.8. The number of carbonyl (C=O) groups excluding carboxylic acids is 1. The predicted molar refractivity (Wildman–Crippen MR) is 82.7 cm³/mol. The number of benzene rings is 1. The summed E-state index contributed by atoms with van der Waals surface area (Å²) in [5.41, 5.74) is -1.05. The molecule has 1 aliphatic rings. The van der Waals surface area contributed by atoms with E-state index in [1.807, 2.05) is 18.2 Å². The minimum atomic E-state index is -1.62. The third-order valence-electron chi connectivity index (χ3n) is 4.20. The minimum absolute atomic E-state index is 0.124. The van der Waals surface area contributed by atoms with Crippen molar-refractivity contribution in [2.45, 2.75) is 37.7 Å². The second kappa shape index (κ2) is 7.98. The number of aliphatic hydroxyl groups excluding tert-OH is 1. The Bertz CT molecular complexity index is 537. The van der Waals surface area contributed by atoms with Crippen LogP contribution >= 0.6 is 0 Å². The van der Waals surface area contributed by atoms with Crippen LogP contribution in [-0.4, -0.2) is 29.4 Å². The highest BCUT2D eigenvalue weighted by Gasteiger charge is 2.46. The highest BCUT2D eigenvalue weighted by molar-refractivity contribution is 5.81. The molecule has 118 valence electrons. The molecule has 1 aliphatic carbocycles. The van der Waals surface area contributed by atoms with Gasteiger partial charge in [0.2, 0.25) is 0 Å². The van der Waals surface area contributed by atoms with Gasteiger partial charge in [-0.05, 0) is 18.4 Å². The summed E-state index contributed by atoms with van der Waals surface area (Å²) in [6, 6.07) is 8.98. The molecule has 0 bridgehead atoms. The van der Waals surface area contributed by atoms with E-state index in [-0.39, 0.29) is 19.1 Å². The van der Waals surface area contributed by atoms with Crippen LogP contribution in [0.15, 0.2) is 30.3 Å². The van der Waals surface area contributed by atoms with Crippen molar-refractivity contribution >= 4 is 5.97 Å². The standard InChI is InChI=1S/C18H22O4/c19-13-7-8-14-22-17(20)18(21,15-9-3-1-4-10-15)16-11-5-2-6-12-16/h1,3-4,9-10,16,19,21H,2,5-6,11-14H2. The van der Waals surface area contributed by atoms with E-state index in [4.69, 9.17) is 9.84 Å². The number of hydrogen-bond donors (Lipinski definition) is 2. The van der Waals surface area contributed by atoms with Gasteiger partial charge in [0.25, 0.3) is 0 Å². The quantitative estimate of drug-likeness (QED) is 0.659. The Morgan fingerprint density at radius 2 is 1.86 bits per heavy atom. The summed E-state index contributed by atoms with van der Waals surface area (Å²) >= 11 is 0. The van der Waals surface area contributed by atoms with Crippen LogP contribution in [0.2, 0.25) is 0 Å². The molecule has 1 saturated carbocycles. The zero-order valence-electron chi connectivity index (χ0n) is 12.6. The maximum absolute atomic E-state index is 12.5. The van der Waals surface area contributed by atoms with Gasteiger partial charge >= 0.3 is 5.97 Å². The number of hydrogen-bond acceptors (Lipinski definition) is 4. The van der Waals surface area contributed by atoms with Gasteiger partial charge in [-0.1, -0.05) is 61.4 Å². The Balaban J connectivity index is 2.22. The van der Waals surface area contributed by atoms with E-state index in [0.717, 1.165) is 32.1 Å². The first-order valence-corrected chi connectivity index (χ1v) is 7.71. The Hall–Kier alpha value is -1.83. The molecule has 1 unspecified atom stereocenters. The van der Waals surface area contributed by atoms with Gasteiger partial charge in [-0.25, -0.2) is 4.79 Å². The first kappa shape index (κ1) is 16.5. The minimum Gasteiger partial charge on any atom is -0.450 e. The van der Waals surface area contributed by atoms with E-state index < -0.39 is 11.6 Å². The normalized spacial score (nSPS) is 17.9. The van der Waals surface area contributed by atoms with Gasteiger partial charge in [0.15, 0.2) is 12.2 Å². The van der Waals surface area contributed by atoms with Gasteiger partial charge in [0, 0.05) is 5.92 Å². The van der Waals surface area contributed by atoms with E-state index in [1.54, 1.807) is 12.1 Å². The molecule has 22 heavy (non-hydrogen) atoms. The lowest BCUT2D eigenvalue weighted by molar-refractivity contribution is -0.174. The molecule has 4 heteroatoms. The van der Waals surface area contributed by atoms with Crippen molar-refractivity contribution in [2.24, 2.45) is 5.92 Å². The molecule has 1 fully saturated rings. The average Bonchev–Trinajstić information content (AvgIpc) is 2.59. The van der Waals surface area contributed by atoms with Gasteiger partial charge < -0.3 is 14.9 Å². The summed E-state index contributed by atoms with van der Waals surface area (Å²) < 4.78 is 5.14. The second-order valence-corrected chi connectivity index (χ2v) is 5.56. The molecular weight excluding hydrogens is 280 g/mol. The summed E-state index contributed by atoms with van der Waals surface area (Å²) in [6.07, 6.45) is 4.78. The monoisotopic (exact) mass is 302 g/mol. The average molecular weight is 302 g/mol. The molecule has 0 aromatic heterocycles. The molecule has 2 rings (SSSR count). The van der Waals surface area contributed by atoms with Crippen LogP contribution in [-0.2, 0) is 15.1 Å². The predicted octanol–water partition coefficient (Wildman–Crippen LogP) is 1.99. The van der Waals surface area contributed by atoms with Crippen molar-refractivity contribution in [3.63, 3.8) is 0 Å². The Morgan fingerprint density at radius 3 is 2.50 bits per heavy atom. The lowest BCUT2D eigenvalue weighted by atomic mass is 9.73. The molecule has 0 aliphatic heterocycles. The summed E-state index contributed by atoms with van der Waals surface area (Å²) in [6.45, 7) is -0.398. The lowest BCUT2D eigenvalue weighted by Gasteiger charge is -2.36. The molecule has 2 N–H and O–H groups in total. The smallest absolute Gasteiger partial charge is 0.344 e. The Kier molecular flexibility index (Phi) is 6.00. The molecule has 1 aromatic carbocycles. The number of ether oxygens (including phenoxy) is 1. The Labute approximate surface area is 131 Å². The first-order chi connectivity index (χ1) is 10.7. The molecule has 0 saturated heterocycles. The van der Waals surface area contributed by atoms with E-state index >= 15 is 0 Å². The molecule has 1 atom stereocenters. The largest absolute Gasteiger partial charge is 0.450 e. The molecule has 0 amide bonds. The van der Waals surface area contributed by atoms with E-state index in [2.05, 4.69) is 11.8 Å². The highest BCUT2D eigenvalue weighted by atomic mass is 16.5. The van der Waals surface area contributed by atoms with Crippen LogP contribution in [0, 0.1) is 17.8 Å². The molecule has 0 spiro atoms. The summed E-state index contributed by atoms with van der Waals surface area (Å²) in [4.78, 5) is 12.5. The summed E-state index contributed by atoms with van der Waals surface area (Å²) in [5.74, 6) is 4.17. The van der Waals surface area contributed by atoms with E-state index in [1.165, 1.54) is 0 Å². The summed E-state index contributed by atoms with van der Waals surface area (Å²) in [7, 11) is 0. The fraction of sp³-hybridized carbons (Fsp3) is 0.500. The van der Waals surface area contributed by atoms with Gasteiger partial charge in [0.1, 0.15) is 6.61 Å². The Morgan fingerprint density at radius 1 is 1.18 bits per heavy atom. The summed E-state index contributed by atoms with van der Waals surface area (Å²) in [5, 5.41) is 19.8. The SMILES string of the molecule is O=C(OCC#CCO)C(O)(c1ccccc1)C1CCCCC1. The fourth-order valence-corrected chi connectivity index (χ4v) is 3.05. The van der Waals surface area contributed by atoms with Crippen LogP contribution in [0.25, 0.3) is 0 Å². The maximum atomic E-state index is 12.5. The topological polar surface area (TPSA) is 66.8 Å². The van der Waals surface area contributed by atoms with Gasteiger partial charge in [-0.2, -0.15) is 0 Å². The number of aliphatic hydroxyl groups is 2. The van der Waals surface area contributed by atoms with Crippen molar-refractivity contribution in [2.75, 3.05) is 13.2 Å². The molecule has 0 radical (unpaired) electrons. The third kappa shape index (κ3) is 3.68. The third-order valence-corrected chi connectivity index (χ3v) is 4.20. The highest BCUT2D eigenvalue weighted by Crippen LogP contribution is 2.40. The van der Waals surface area contributed by atoms with Crippen LogP contribution in [0.5, 0.6) is 0 Å². The maximum Gasteiger partial charge on any atom is 0.344 e. The van der Waals surface area contributed by atoms with Gasteiger partial charge in [-0.3, -0.25) is 0 Å². The van der Waals surface area contributed by atoms with E-state index in [9.17, 15) is 9.90 Å². The van der Waals surface area contributed by atoms with Crippen molar-refractivity contribution in [3.8, 4) is 11.8 Å². The van der Waals surface area contributed by atoms with Gasteiger partial charge in [0.05, 0.1) is 0 Å². The van der Waals surface area contributed by atoms with Crippen molar-refractivity contribution in [3.05, 3.63) is 35.9 Å². The first-order valence-electron chi connectivity index (χ1n) is 7.71. The van der Waals surface area contributed by atoms with Crippen LogP contribution in [0.3, 0.4) is 0 Å². The van der Waals surface area contributed by atoms with Crippen LogP contribution < -0.4 is 0 Å². The molecule has 0 heterocycles. The molecule has 1 aromatic rings. The van der Waals surface area contributed by atoms with Crippen molar-refractivity contribution in [1.29, 1.82) is 0 Å². The van der Waals surface area contributed by atoms with Gasteiger partial charge in [-0.15, -0.1) is 0 Å². The van der Waals surface area contributed by atoms with E-state index in [0.29, 0.717) is 5.56 Å².